The van der Waals surface area contributed by atoms with E-state index in [2.05, 4.69) is 10.4 Å². The number of thiophene rings is 1. The molecule has 0 aliphatic rings. The molecule has 8 nitrogen and oxygen atoms in total. The molecule has 0 spiro atoms. The lowest BCUT2D eigenvalue weighted by Gasteiger charge is -2.18. The SMILES string of the molecule is Cc1sc2c(=O)n(C)c(-c3ccc4cn(C)nc4c3)nc2c1C(C)Nc1ccc(F)cc1C(=O)O. The molecule has 35 heavy (non-hydrogen) atoms. The molecule has 2 N–H and O–H groups in total. The number of carboxylic acids is 1. The Bertz CT molecular complexity index is 1700. The predicted octanol–water partition coefficient (Wildman–Crippen LogP) is 4.87. The van der Waals surface area contributed by atoms with Gasteiger partial charge in [-0.3, -0.25) is 14.0 Å². The second kappa shape index (κ2) is 8.31. The average Bonchev–Trinajstić information content (AvgIpc) is 3.34. The topological polar surface area (TPSA) is 102 Å². The van der Waals surface area contributed by atoms with Gasteiger partial charge >= 0.3 is 5.97 Å². The summed E-state index contributed by atoms with van der Waals surface area (Å²) in [5.41, 5.74) is 2.88. The van der Waals surface area contributed by atoms with Crippen molar-refractivity contribution >= 4 is 44.1 Å². The number of benzene rings is 2. The van der Waals surface area contributed by atoms with E-state index in [1.807, 2.05) is 45.3 Å². The maximum absolute atomic E-state index is 13.6. The standard InChI is InChI=1S/C25H22FN5O3S/c1-12(27-18-8-7-16(26)10-17(18)25(33)34)20-13(2)35-22-21(20)28-23(31(4)24(22)32)14-5-6-15-11-30(3)29-19(15)9-14/h5-12,27H,1-4H3,(H,33,34). The van der Waals surface area contributed by atoms with E-state index >= 15 is 0 Å². The number of hydrogen-bond donors (Lipinski definition) is 2. The first kappa shape index (κ1) is 22.7. The van der Waals surface area contributed by atoms with Gasteiger partial charge in [-0.2, -0.15) is 5.10 Å². The molecular weight excluding hydrogens is 469 g/mol. The van der Waals surface area contributed by atoms with Crippen LogP contribution in [0.3, 0.4) is 0 Å². The molecule has 1 unspecified atom stereocenters. The zero-order valence-electron chi connectivity index (χ0n) is 19.5. The summed E-state index contributed by atoms with van der Waals surface area (Å²) in [6.07, 6.45) is 1.92. The molecule has 0 bridgehead atoms. The van der Waals surface area contributed by atoms with Crippen molar-refractivity contribution in [2.45, 2.75) is 19.9 Å². The lowest BCUT2D eigenvalue weighted by atomic mass is 10.1. The molecule has 0 saturated heterocycles. The van der Waals surface area contributed by atoms with Crippen molar-refractivity contribution in [1.82, 2.24) is 19.3 Å². The number of fused-ring (bicyclic) bond motifs is 2. The molecule has 2 aromatic carbocycles. The van der Waals surface area contributed by atoms with E-state index in [1.165, 1.54) is 28.0 Å². The Morgan fingerprint density at radius 2 is 1.97 bits per heavy atom. The highest BCUT2D eigenvalue weighted by Gasteiger charge is 2.23. The smallest absolute Gasteiger partial charge is 0.337 e. The molecule has 0 radical (unpaired) electrons. The highest BCUT2D eigenvalue weighted by Crippen LogP contribution is 2.35. The number of aryl methyl sites for hydroxylation is 2. The van der Waals surface area contributed by atoms with Gasteiger partial charge in [0.1, 0.15) is 16.3 Å². The molecule has 0 fully saturated rings. The Labute approximate surface area is 203 Å². The molecule has 0 aliphatic heterocycles. The summed E-state index contributed by atoms with van der Waals surface area (Å²) < 4.78 is 17.4. The molecule has 5 rings (SSSR count). The fourth-order valence-corrected chi connectivity index (χ4v) is 5.57. The summed E-state index contributed by atoms with van der Waals surface area (Å²) >= 11 is 1.35. The molecule has 0 amide bonds. The monoisotopic (exact) mass is 491 g/mol. The van der Waals surface area contributed by atoms with E-state index in [0.717, 1.165) is 33.0 Å². The van der Waals surface area contributed by atoms with E-state index in [-0.39, 0.29) is 16.8 Å². The second-order valence-electron chi connectivity index (χ2n) is 8.49. The van der Waals surface area contributed by atoms with Gasteiger partial charge in [0.25, 0.3) is 5.56 Å². The molecule has 10 heteroatoms. The van der Waals surface area contributed by atoms with E-state index < -0.39 is 17.8 Å². The van der Waals surface area contributed by atoms with Crippen molar-refractivity contribution < 1.29 is 14.3 Å². The Balaban J connectivity index is 1.64. The van der Waals surface area contributed by atoms with Gasteiger partial charge in [-0.05, 0) is 38.1 Å². The average molecular weight is 492 g/mol. The Hall–Kier alpha value is -4.05. The van der Waals surface area contributed by atoms with Gasteiger partial charge in [0.05, 0.1) is 22.6 Å². The molecular formula is C25H22FN5O3S. The Morgan fingerprint density at radius 3 is 2.71 bits per heavy atom. The number of nitrogens with zero attached hydrogens (tertiary/aromatic N) is 4. The summed E-state index contributed by atoms with van der Waals surface area (Å²) in [5.74, 6) is -1.35. The third kappa shape index (κ3) is 3.85. The first-order valence-electron chi connectivity index (χ1n) is 10.9. The van der Waals surface area contributed by atoms with E-state index in [0.29, 0.717) is 16.0 Å². The quantitative estimate of drug-likeness (QED) is 0.364. The summed E-state index contributed by atoms with van der Waals surface area (Å²) in [7, 11) is 3.55. The van der Waals surface area contributed by atoms with Crippen LogP contribution in [0.25, 0.3) is 32.5 Å². The zero-order chi connectivity index (χ0) is 25.0. The molecule has 3 heterocycles. The predicted molar refractivity (Wildman–Crippen MR) is 135 cm³/mol. The number of halogens is 1. The van der Waals surface area contributed by atoms with Crippen molar-refractivity contribution in [3.05, 3.63) is 74.8 Å². The van der Waals surface area contributed by atoms with Crippen LogP contribution in [-0.2, 0) is 14.1 Å². The van der Waals surface area contributed by atoms with Crippen molar-refractivity contribution in [1.29, 1.82) is 0 Å². The maximum Gasteiger partial charge on any atom is 0.337 e. The van der Waals surface area contributed by atoms with E-state index in [4.69, 9.17) is 4.98 Å². The Morgan fingerprint density at radius 1 is 1.20 bits per heavy atom. The number of hydrogen-bond acceptors (Lipinski definition) is 6. The summed E-state index contributed by atoms with van der Waals surface area (Å²) in [6.45, 7) is 3.77. The first-order valence-corrected chi connectivity index (χ1v) is 11.7. The van der Waals surface area contributed by atoms with E-state index in [1.54, 1.807) is 11.7 Å². The van der Waals surface area contributed by atoms with Crippen LogP contribution >= 0.6 is 11.3 Å². The lowest BCUT2D eigenvalue weighted by molar-refractivity contribution is 0.0697. The highest BCUT2D eigenvalue weighted by molar-refractivity contribution is 7.19. The van der Waals surface area contributed by atoms with Gasteiger partial charge in [0.2, 0.25) is 0 Å². The van der Waals surface area contributed by atoms with Crippen LogP contribution in [0, 0.1) is 12.7 Å². The third-order valence-electron chi connectivity index (χ3n) is 6.04. The largest absolute Gasteiger partial charge is 0.478 e. The van der Waals surface area contributed by atoms with Crippen molar-refractivity contribution in [3.8, 4) is 11.4 Å². The normalized spacial score (nSPS) is 12.4. The fourth-order valence-electron chi connectivity index (χ4n) is 4.40. The number of anilines is 1. The van der Waals surface area contributed by atoms with Crippen molar-refractivity contribution in [2.75, 3.05) is 5.32 Å². The van der Waals surface area contributed by atoms with E-state index in [9.17, 15) is 19.1 Å². The van der Waals surface area contributed by atoms with Crippen LogP contribution in [0.5, 0.6) is 0 Å². The molecule has 3 aromatic heterocycles. The fraction of sp³-hybridized carbons (Fsp3) is 0.200. The molecule has 0 aliphatic carbocycles. The molecule has 1 atom stereocenters. The summed E-state index contributed by atoms with van der Waals surface area (Å²) in [6, 6.07) is 8.96. The van der Waals surface area contributed by atoms with Gasteiger partial charge in [-0.1, -0.05) is 12.1 Å². The maximum atomic E-state index is 13.6. The van der Waals surface area contributed by atoms with Crippen LogP contribution in [0.15, 0.2) is 47.4 Å². The molecule has 5 aromatic rings. The number of carboxylic acid groups (broad SMARTS) is 1. The number of rotatable bonds is 5. The number of aromatic nitrogens is 4. The van der Waals surface area contributed by atoms with Crippen LogP contribution in [0.4, 0.5) is 10.1 Å². The van der Waals surface area contributed by atoms with Crippen LogP contribution in [0.1, 0.15) is 33.8 Å². The lowest BCUT2D eigenvalue weighted by Crippen LogP contribution is -2.20. The number of nitrogens with one attached hydrogen (secondary N) is 1. The minimum absolute atomic E-state index is 0.161. The minimum Gasteiger partial charge on any atom is -0.478 e. The summed E-state index contributed by atoms with van der Waals surface area (Å²) in [4.78, 5) is 30.7. The third-order valence-corrected chi connectivity index (χ3v) is 7.13. The molecule has 0 saturated carbocycles. The van der Waals surface area contributed by atoms with Crippen LogP contribution < -0.4 is 10.9 Å². The zero-order valence-corrected chi connectivity index (χ0v) is 20.3. The summed E-state index contributed by atoms with van der Waals surface area (Å²) in [5, 5.41) is 18.1. The van der Waals surface area contributed by atoms with Crippen LogP contribution in [-0.4, -0.2) is 30.4 Å². The highest BCUT2D eigenvalue weighted by atomic mass is 32.1. The van der Waals surface area contributed by atoms with Gasteiger partial charge in [0.15, 0.2) is 0 Å². The molecule has 178 valence electrons. The minimum atomic E-state index is -1.23. The van der Waals surface area contributed by atoms with Gasteiger partial charge in [-0.25, -0.2) is 14.2 Å². The second-order valence-corrected chi connectivity index (χ2v) is 9.71. The number of aromatic carboxylic acids is 1. The van der Waals surface area contributed by atoms with Crippen molar-refractivity contribution in [3.63, 3.8) is 0 Å². The number of carbonyl (C=O) groups is 1. The van der Waals surface area contributed by atoms with Gasteiger partial charge in [0, 0.05) is 47.4 Å². The Kier molecular flexibility index (Phi) is 5.40. The van der Waals surface area contributed by atoms with Gasteiger partial charge < -0.3 is 10.4 Å². The van der Waals surface area contributed by atoms with Crippen molar-refractivity contribution in [2.24, 2.45) is 14.1 Å². The van der Waals surface area contributed by atoms with Gasteiger partial charge in [-0.15, -0.1) is 11.3 Å². The van der Waals surface area contributed by atoms with Crippen LogP contribution in [0.2, 0.25) is 0 Å². The first-order chi connectivity index (χ1) is 16.6.